The number of unbranched alkanes of at least 4 members (excludes halogenated alkanes) is 2. The van der Waals surface area contributed by atoms with Gasteiger partial charge in [0.1, 0.15) is 5.75 Å². The Kier molecular flexibility index (Phi) is 6.92. The lowest BCUT2D eigenvalue weighted by atomic mass is 10.1. The molecule has 1 amide bonds. The monoisotopic (exact) mass is 249 g/mol. The van der Waals surface area contributed by atoms with E-state index in [9.17, 15) is 4.79 Å². The zero-order valence-electron chi connectivity index (χ0n) is 11.4. The van der Waals surface area contributed by atoms with E-state index in [4.69, 9.17) is 4.74 Å². The summed E-state index contributed by atoms with van der Waals surface area (Å²) in [5.74, 6) is 0.977. The molecule has 0 saturated carbocycles. The fourth-order valence-electron chi connectivity index (χ4n) is 1.78. The van der Waals surface area contributed by atoms with Crippen LogP contribution >= 0.6 is 0 Å². The second-order valence-corrected chi connectivity index (χ2v) is 4.41. The zero-order chi connectivity index (χ0) is 13.2. The van der Waals surface area contributed by atoms with Crippen molar-refractivity contribution in [2.45, 2.75) is 39.0 Å². The highest BCUT2D eigenvalue weighted by atomic mass is 16.5. The van der Waals surface area contributed by atoms with Gasteiger partial charge in [-0.25, -0.2) is 0 Å². The number of methoxy groups -OCH3 is 1. The van der Waals surface area contributed by atoms with Crippen molar-refractivity contribution in [1.82, 2.24) is 5.32 Å². The molecule has 0 saturated heterocycles. The normalized spacial score (nSPS) is 10.1. The van der Waals surface area contributed by atoms with Crippen molar-refractivity contribution in [2.75, 3.05) is 13.7 Å². The summed E-state index contributed by atoms with van der Waals surface area (Å²) in [6, 6.07) is 7.86. The molecule has 1 N–H and O–H groups in total. The first kappa shape index (κ1) is 14.6. The predicted molar refractivity (Wildman–Crippen MR) is 73.8 cm³/mol. The molecular formula is C15H23NO2. The highest BCUT2D eigenvalue weighted by molar-refractivity contribution is 5.76. The number of benzene rings is 1. The van der Waals surface area contributed by atoms with Crippen LogP contribution in [0.25, 0.3) is 0 Å². The molecule has 3 nitrogen and oxygen atoms in total. The Balaban J connectivity index is 2.24. The number of rotatable bonds is 8. The fraction of sp³-hybridized carbons (Fsp3) is 0.533. The number of hydrogen-bond acceptors (Lipinski definition) is 2. The van der Waals surface area contributed by atoms with Crippen LogP contribution in [0.5, 0.6) is 5.75 Å². The minimum atomic E-state index is 0.133. The Morgan fingerprint density at radius 2 is 2.17 bits per heavy atom. The number of ether oxygens (including phenoxy) is 1. The average Bonchev–Trinajstić information content (AvgIpc) is 2.41. The molecule has 0 aliphatic carbocycles. The number of nitrogens with one attached hydrogen (secondary N) is 1. The highest BCUT2D eigenvalue weighted by Gasteiger charge is 2.02. The Morgan fingerprint density at radius 3 is 2.89 bits per heavy atom. The SMILES string of the molecule is CCCCCNC(=O)CCc1cccc(OC)c1. The molecule has 1 aromatic rings. The van der Waals surface area contributed by atoms with Gasteiger partial charge in [0, 0.05) is 13.0 Å². The number of carbonyl (C=O) groups excluding carboxylic acids is 1. The minimum Gasteiger partial charge on any atom is -0.497 e. The molecular weight excluding hydrogens is 226 g/mol. The maximum Gasteiger partial charge on any atom is 0.220 e. The van der Waals surface area contributed by atoms with Crippen LogP contribution in [0.1, 0.15) is 38.2 Å². The standard InChI is InChI=1S/C15H23NO2/c1-3-4-5-11-16-15(17)10-9-13-7-6-8-14(12-13)18-2/h6-8,12H,3-5,9-11H2,1-2H3,(H,16,17). The van der Waals surface area contributed by atoms with Crippen LogP contribution in [0.3, 0.4) is 0 Å². The number of aryl methyl sites for hydroxylation is 1. The first-order valence-electron chi connectivity index (χ1n) is 6.66. The molecule has 0 aromatic heterocycles. The van der Waals surface area contributed by atoms with Gasteiger partial charge in [-0.1, -0.05) is 31.9 Å². The number of hydrogen-bond donors (Lipinski definition) is 1. The van der Waals surface area contributed by atoms with Gasteiger partial charge in [-0.2, -0.15) is 0 Å². The van der Waals surface area contributed by atoms with Gasteiger partial charge in [-0.05, 0) is 30.5 Å². The smallest absolute Gasteiger partial charge is 0.220 e. The summed E-state index contributed by atoms with van der Waals surface area (Å²) in [7, 11) is 1.65. The van der Waals surface area contributed by atoms with Crippen LogP contribution in [0.2, 0.25) is 0 Å². The second kappa shape index (κ2) is 8.56. The van der Waals surface area contributed by atoms with Gasteiger partial charge in [-0.3, -0.25) is 4.79 Å². The molecule has 0 unspecified atom stereocenters. The van der Waals surface area contributed by atoms with E-state index in [0.717, 1.165) is 30.7 Å². The van der Waals surface area contributed by atoms with Gasteiger partial charge in [0.05, 0.1) is 7.11 Å². The second-order valence-electron chi connectivity index (χ2n) is 4.41. The Bertz CT molecular complexity index is 363. The first-order valence-corrected chi connectivity index (χ1v) is 6.66. The number of carbonyl (C=O) groups is 1. The van der Waals surface area contributed by atoms with E-state index in [1.54, 1.807) is 7.11 Å². The summed E-state index contributed by atoms with van der Waals surface area (Å²) in [6.45, 7) is 2.95. The molecule has 0 heterocycles. The van der Waals surface area contributed by atoms with Crippen LogP contribution in [-0.2, 0) is 11.2 Å². The molecule has 0 aliphatic rings. The fourth-order valence-corrected chi connectivity index (χ4v) is 1.78. The van der Waals surface area contributed by atoms with E-state index in [-0.39, 0.29) is 5.91 Å². The van der Waals surface area contributed by atoms with E-state index in [1.807, 2.05) is 24.3 Å². The molecule has 0 spiro atoms. The van der Waals surface area contributed by atoms with E-state index >= 15 is 0 Å². The molecule has 18 heavy (non-hydrogen) atoms. The van der Waals surface area contributed by atoms with E-state index in [1.165, 1.54) is 12.8 Å². The zero-order valence-corrected chi connectivity index (χ0v) is 11.4. The Morgan fingerprint density at radius 1 is 1.33 bits per heavy atom. The van der Waals surface area contributed by atoms with E-state index < -0.39 is 0 Å². The van der Waals surface area contributed by atoms with Gasteiger partial charge in [-0.15, -0.1) is 0 Å². The van der Waals surface area contributed by atoms with Gasteiger partial charge >= 0.3 is 0 Å². The number of amides is 1. The van der Waals surface area contributed by atoms with Crippen molar-refractivity contribution < 1.29 is 9.53 Å². The summed E-state index contributed by atoms with van der Waals surface area (Å²) in [6.07, 6.45) is 4.73. The summed E-state index contributed by atoms with van der Waals surface area (Å²) in [5.41, 5.74) is 1.14. The molecule has 1 aromatic carbocycles. The third-order valence-electron chi connectivity index (χ3n) is 2.88. The van der Waals surface area contributed by atoms with Crippen molar-refractivity contribution >= 4 is 5.91 Å². The maximum atomic E-state index is 11.6. The molecule has 0 fully saturated rings. The Labute approximate surface area is 110 Å². The minimum absolute atomic E-state index is 0.133. The molecule has 100 valence electrons. The lowest BCUT2D eigenvalue weighted by Crippen LogP contribution is -2.24. The van der Waals surface area contributed by atoms with Gasteiger partial charge in [0.25, 0.3) is 0 Å². The summed E-state index contributed by atoms with van der Waals surface area (Å²) in [5, 5.41) is 2.95. The van der Waals surface area contributed by atoms with Crippen molar-refractivity contribution in [3.05, 3.63) is 29.8 Å². The molecule has 1 rings (SSSR count). The molecule has 0 radical (unpaired) electrons. The lowest BCUT2D eigenvalue weighted by molar-refractivity contribution is -0.121. The molecule has 0 bridgehead atoms. The van der Waals surface area contributed by atoms with Gasteiger partial charge in [0.2, 0.25) is 5.91 Å². The maximum absolute atomic E-state index is 11.6. The molecule has 3 heteroatoms. The summed E-state index contributed by atoms with van der Waals surface area (Å²) < 4.78 is 5.15. The van der Waals surface area contributed by atoms with Crippen LogP contribution in [0.15, 0.2) is 24.3 Å². The van der Waals surface area contributed by atoms with E-state index in [0.29, 0.717) is 6.42 Å². The van der Waals surface area contributed by atoms with Crippen molar-refractivity contribution in [3.8, 4) is 5.75 Å². The molecule has 0 atom stereocenters. The van der Waals surface area contributed by atoms with Crippen molar-refractivity contribution in [2.24, 2.45) is 0 Å². The van der Waals surface area contributed by atoms with E-state index in [2.05, 4.69) is 12.2 Å². The lowest BCUT2D eigenvalue weighted by Gasteiger charge is -2.06. The third kappa shape index (κ3) is 5.71. The average molecular weight is 249 g/mol. The topological polar surface area (TPSA) is 38.3 Å². The predicted octanol–water partition coefficient (Wildman–Crippen LogP) is 2.93. The highest BCUT2D eigenvalue weighted by Crippen LogP contribution is 2.13. The largest absolute Gasteiger partial charge is 0.497 e. The first-order chi connectivity index (χ1) is 8.76. The van der Waals surface area contributed by atoms with Crippen LogP contribution in [-0.4, -0.2) is 19.6 Å². The Hall–Kier alpha value is -1.51. The van der Waals surface area contributed by atoms with Crippen LogP contribution in [0, 0.1) is 0 Å². The van der Waals surface area contributed by atoms with Gasteiger partial charge in [0.15, 0.2) is 0 Å². The summed E-state index contributed by atoms with van der Waals surface area (Å²) >= 11 is 0. The molecule has 0 aliphatic heterocycles. The quantitative estimate of drug-likeness (QED) is 0.719. The van der Waals surface area contributed by atoms with Crippen molar-refractivity contribution in [1.29, 1.82) is 0 Å². The van der Waals surface area contributed by atoms with Crippen LogP contribution in [0.4, 0.5) is 0 Å². The van der Waals surface area contributed by atoms with Gasteiger partial charge < -0.3 is 10.1 Å². The van der Waals surface area contributed by atoms with Crippen LogP contribution < -0.4 is 10.1 Å². The third-order valence-corrected chi connectivity index (χ3v) is 2.88. The summed E-state index contributed by atoms with van der Waals surface area (Å²) in [4.78, 5) is 11.6. The van der Waals surface area contributed by atoms with Crippen molar-refractivity contribution in [3.63, 3.8) is 0 Å².